The van der Waals surface area contributed by atoms with Gasteiger partial charge in [0.1, 0.15) is 30.0 Å². The number of ether oxygens (including phenoxy) is 1. The molecular weight excluding hydrogens is 415 g/mol. The van der Waals surface area contributed by atoms with Gasteiger partial charge < -0.3 is 15.4 Å². The number of nitrogens with zero attached hydrogens (tertiary/aromatic N) is 2. The lowest BCUT2D eigenvalue weighted by Gasteiger charge is -2.36. The van der Waals surface area contributed by atoms with Crippen LogP contribution in [0, 0.1) is 23.6 Å². The van der Waals surface area contributed by atoms with Gasteiger partial charge in [-0.3, -0.25) is 4.79 Å². The van der Waals surface area contributed by atoms with Gasteiger partial charge in [-0.05, 0) is 19.1 Å². The Morgan fingerprint density at radius 2 is 2.23 bits per heavy atom. The number of amides is 3. The van der Waals surface area contributed by atoms with E-state index in [1.807, 2.05) is 6.07 Å². The van der Waals surface area contributed by atoms with Crippen molar-refractivity contribution in [3.05, 3.63) is 58.9 Å². The molecule has 1 aromatic rings. The highest BCUT2D eigenvalue weighted by molar-refractivity contribution is 7.90. The van der Waals surface area contributed by atoms with E-state index >= 15 is 0 Å². The van der Waals surface area contributed by atoms with Gasteiger partial charge in [0.15, 0.2) is 0 Å². The van der Waals surface area contributed by atoms with Crippen molar-refractivity contribution in [2.45, 2.75) is 18.2 Å². The molecule has 2 N–H and O–H groups in total. The number of nitriles is 1. The first-order valence-electron chi connectivity index (χ1n) is 8.92. The average molecular weight is 435 g/mol. The Kier molecular flexibility index (Phi) is 4.74. The van der Waals surface area contributed by atoms with E-state index < -0.39 is 45.6 Å². The zero-order valence-electron chi connectivity index (χ0n) is 15.7. The van der Waals surface area contributed by atoms with Gasteiger partial charge in [0.2, 0.25) is 5.91 Å². The van der Waals surface area contributed by atoms with Crippen LogP contribution in [0.1, 0.15) is 26.9 Å². The van der Waals surface area contributed by atoms with Crippen molar-refractivity contribution in [2.75, 3.05) is 13.2 Å². The number of carbonyl (C=O) groups is 2. The van der Waals surface area contributed by atoms with Crippen molar-refractivity contribution in [2.24, 2.45) is 0 Å². The Hall–Kier alpha value is -3.39. The van der Waals surface area contributed by atoms with Gasteiger partial charge in [0, 0.05) is 15.0 Å². The molecule has 9 nitrogen and oxygen atoms in total. The van der Waals surface area contributed by atoms with Gasteiger partial charge in [-0.25, -0.2) is 21.9 Å². The van der Waals surface area contributed by atoms with E-state index in [0.29, 0.717) is 9.88 Å². The number of halogens is 1. The molecule has 3 amide bonds. The first-order chi connectivity index (χ1) is 14.2. The molecule has 4 rings (SSSR count). The monoisotopic (exact) mass is 435 g/mol. The SMILES string of the molecule is CC1=C[CH]C=C2NC(=O)N(CC(=O)N[C@H]3COc4cc(C#N)cc(F)c43)S(=O)(=O)C12.[HH].[HH]. The van der Waals surface area contributed by atoms with E-state index in [1.54, 1.807) is 19.4 Å². The lowest BCUT2D eigenvalue weighted by atomic mass is 10.0. The Bertz CT molecular complexity index is 1180. The first kappa shape index (κ1) is 19.9. The lowest BCUT2D eigenvalue weighted by Crippen LogP contribution is -2.58. The minimum Gasteiger partial charge on any atom is -0.491 e. The number of nitrogens with one attached hydrogen (secondary N) is 2. The Labute approximate surface area is 174 Å². The summed E-state index contributed by atoms with van der Waals surface area (Å²) in [5.41, 5.74) is 0.878. The largest absolute Gasteiger partial charge is 0.491 e. The minimum absolute atomic E-state index is 0. The summed E-state index contributed by atoms with van der Waals surface area (Å²) >= 11 is 0. The van der Waals surface area contributed by atoms with Crippen LogP contribution in [0.5, 0.6) is 5.75 Å². The second-order valence-corrected chi connectivity index (χ2v) is 8.94. The number of hydrogen-bond donors (Lipinski definition) is 2. The maximum atomic E-state index is 14.3. The molecule has 1 aliphatic carbocycles. The number of fused-ring (bicyclic) bond motifs is 2. The summed E-state index contributed by atoms with van der Waals surface area (Å²) < 4.78 is 46.0. The molecule has 0 aromatic heterocycles. The molecule has 1 radical (unpaired) electrons. The minimum atomic E-state index is -4.17. The number of carbonyl (C=O) groups excluding carboxylic acids is 2. The van der Waals surface area contributed by atoms with E-state index in [-0.39, 0.29) is 32.0 Å². The molecule has 2 aliphatic heterocycles. The van der Waals surface area contributed by atoms with E-state index in [1.165, 1.54) is 12.1 Å². The fourth-order valence-corrected chi connectivity index (χ4v) is 5.51. The molecule has 1 saturated heterocycles. The highest BCUT2D eigenvalue weighted by atomic mass is 32.2. The third-order valence-electron chi connectivity index (χ3n) is 5.01. The molecule has 3 aliphatic rings. The van der Waals surface area contributed by atoms with Crippen molar-refractivity contribution >= 4 is 22.0 Å². The fraction of sp³-hybridized carbons (Fsp3) is 0.263. The first-order valence-corrected chi connectivity index (χ1v) is 10.4. The summed E-state index contributed by atoms with van der Waals surface area (Å²) in [5.74, 6) is -1.38. The van der Waals surface area contributed by atoms with Crippen LogP contribution in [-0.2, 0) is 14.8 Å². The molecule has 1 fully saturated rings. The van der Waals surface area contributed by atoms with Crippen LogP contribution >= 0.6 is 0 Å². The van der Waals surface area contributed by atoms with Crippen LogP contribution in [0.2, 0.25) is 0 Å². The van der Waals surface area contributed by atoms with Gasteiger partial charge in [0.25, 0.3) is 10.0 Å². The van der Waals surface area contributed by atoms with Crippen molar-refractivity contribution in [3.63, 3.8) is 0 Å². The summed E-state index contributed by atoms with van der Waals surface area (Å²) in [4.78, 5) is 24.9. The molecule has 0 bridgehead atoms. The smallest absolute Gasteiger partial charge is 0.335 e. The van der Waals surface area contributed by atoms with Crippen molar-refractivity contribution in [1.29, 1.82) is 5.26 Å². The molecule has 11 heteroatoms. The molecule has 0 spiro atoms. The standard InChI is InChI=1S/C19H16FN4O5S.2H2/c1-10-3-2-4-13-18(10)30(27,28)24(19(26)23-13)8-16(25)22-14-9-29-15-6-11(7-21)5-12(20)17(14)15;;/h2-6,14,18H,8-9H2,1H3,(H,22,25)(H,23,26);2*1H/t14-,18?;;/m0../s1. The molecule has 159 valence electrons. The van der Waals surface area contributed by atoms with E-state index in [4.69, 9.17) is 10.00 Å². The molecule has 2 atom stereocenters. The molecule has 1 aromatic carbocycles. The predicted molar refractivity (Wildman–Crippen MR) is 106 cm³/mol. The van der Waals surface area contributed by atoms with Crippen LogP contribution < -0.4 is 15.4 Å². The average Bonchev–Trinajstić information content (AvgIpc) is 3.07. The van der Waals surface area contributed by atoms with Gasteiger partial charge in [-0.2, -0.15) is 5.26 Å². The van der Waals surface area contributed by atoms with Crippen LogP contribution in [0.25, 0.3) is 0 Å². The van der Waals surface area contributed by atoms with E-state index in [0.717, 1.165) is 6.07 Å². The zero-order valence-corrected chi connectivity index (χ0v) is 16.5. The number of allylic oxidation sites excluding steroid dienone is 2. The number of hydrogen-bond acceptors (Lipinski definition) is 6. The molecule has 2 heterocycles. The zero-order chi connectivity index (χ0) is 21.6. The summed E-state index contributed by atoms with van der Waals surface area (Å²) in [6.07, 6.45) is 4.74. The van der Waals surface area contributed by atoms with Gasteiger partial charge in [-0.1, -0.05) is 17.7 Å². The Morgan fingerprint density at radius 1 is 1.47 bits per heavy atom. The van der Waals surface area contributed by atoms with Gasteiger partial charge in [0.05, 0.1) is 23.2 Å². The second kappa shape index (κ2) is 7.14. The molecule has 1 unspecified atom stereocenters. The number of urea groups is 1. The van der Waals surface area contributed by atoms with Crippen LogP contribution in [0.3, 0.4) is 0 Å². The van der Waals surface area contributed by atoms with Crippen molar-refractivity contribution in [3.8, 4) is 11.8 Å². The van der Waals surface area contributed by atoms with Crippen LogP contribution in [-0.4, -0.2) is 43.1 Å². The Balaban J connectivity index is 0.00000181. The fourth-order valence-electron chi connectivity index (χ4n) is 3.67. The predicted octanol–water partition coefficient (Wildman–Crippen LogP) is 1.51. The van der Waals surface area contributed by atoms with Gasteiger partial charge >= 0.3 is 6.03 Å². The highest BCUT2D eigenvalue weighted by Gasteiger charge is 2.45. The maximum Gasteiger partial charge on any atom is 0.335 e. The Morgan fingerprint density at radius 3 is 2.97 bits per heavy atom. The quantitative estimate of drug-likeness (QED) is 0.741. The normalized spacial score (nSPS) is 23.8. The summed E-state index contributed by atoms with van der Waals surface area (Å²) in [6.45, 7) is 0.768. The number of benzene rings is 1. The van der Waals surface area contributed by atoms with Gasteiger partial charge in [-0.15, -0.1) is 0 Å². The molecule has 0 saturated carbocycles. The third-order valence-corrected chi connectivity index (χ3v) is 7.14. The van der Waals surface area contributed by atoms with Crippen molar-refractivity contribution in [1.82, 2.24) is 14.9 Å². The van der Waals surface area contributed by atoms with E-state index in [2.05, 4.69) is 10.6 Å². The highest BCUT2D eigenvalue weighted by Crippen LogP contribution is 2.35. The summed E-state index contributed by atoms with van der Waals surface area (Å²) in [7, 11) is -4.17. The summed E-state index contributed by atoms with van der Waals surface area (Å²) in [6, 6.07) is 2.38. The van der Waals surface area contributed by atoms with Crippen LogP contribution in [0.15, 0.2) is 35.6 Å². The lowest BCUT2D eigenvalue weighted by molar-refractivity contribution is -0.121. The second-order valence-electron chi connectivity index (χ2n) is 7.00. The van der Waals surface area contributed by atoms with E-state index in [9.17, 15) is 22.4 Å². The molecule has 30 heavy (non-hydrogen) atoms. The maximum absolute atomic E-state index is 14.3. The number of sulfonamides is 1. The number of rotatable bonds is 3. The molecular formula is C19H20FN4O5S. The third kappa shape index (κ3) is 3.19. The summed E-state index contributed by atoms with van der Waals surface area (Å²) in [5, 5.41) is 12.8. The topological polar surface area (TPSA) is 129 Å². The van der Waals surface area contributed by atoms with Crippen LogP contribution in [0.4, 0.5) is 9.18 Å². The van der Waals surface area contributed by atoms with Crippen molar-refractivity contribution < 1.29 is 30.0 Å².